The van der Waals surface area contributed by atoms with E-state index in [0.717, 1.165) is 17.4 Å². The normalized spacial score (nSPS) is 18.1. The van der Waals surface area contributed by atoms with Gasteiger partial charge in [-0.15, -0.1) is 11.8 Å². The third-order valence-corrected chi connectivity index (χ3v) is 11.4. The van der Waals surface area contributed by atoms with Crippen LogP contribution in [0.1, 0.15) is 40.0 Å². The van der Waals surface area contributed by atoms with Crippen LogP contribution in [0.5, 0.6) is 0 Å². The zero-order valence-electron chi connectivity index (χ0n) is 14.5. The van der Waals surface area contributed by atoms with Crippen molar-refractivity contribution in [1.29, 1.82) is 0 Å². The fourth-order valence-corrected chi connectivity index (χ4v) is 4.94. The first-order chi connectivity index (χ1) is 10.1. The lowest BCUT2D eigenvalue weighted by atomic mass is 9.71. The Bertz CT molecular complexity index is 506. The molecule has 1 aromatic carbocycles. The van der Waals surface area contributed by atoms with Gasteiger partial charge in [-0.3, -0.25) is 0 Å². The Kier molecular flexibility index (Phi) is 5.75. The van der Waals surface area contributed by atoms with Crippen LogP contribution >= 0.6 is 23.4 Å². The molecule has 1 fully saturated rings. The van der Waals surface area contributed by atoms with E-state index in [0.29, 0.717) is 5.41 Å². The van der Waals surface area contributed by atoms with Crippen LogP contribution in [0, 0.1) is 5.41 Å². The van der Waals surface area contributed by atoms with Crippen molar-refractivity contribution in [2.75, 3.05) is 12.4 Å². The van der Waals surface area contributed by atoms with Gasteiger partial charge in [0.05, 0.1) is 0 Å². The van der Waals surface area contributed by atoms with Gasteiger partial charge in [-0.2, -0.15) is 0 Å². The quantitative estimate of drug-likeness (QED) is 0.418. The monoisotopic (exact) mass is 356 g/mol. The van der Waals surface area contributed by atoms with Crippen molar-refractivity contribution in [3.05, 3.63) is 29.3 Å². The molecule has 1 nitrogen and oxygen atoms in total. The first-order valence-corrected chi connectivity index (χ1v) is 12.4. The summed E-state index contributed by atoms with van der Waals surface area (Å²) in [5, 5.41) is 1.11. The highest BCUT2D eigenvalue weighted by molar-refractivity contribution is 7.99. The maximum atomic E-state index is 6.51. The van der Waals surface area contributed by atoms with Crippen LogP contribution in [0.25, 0.3) is 0 Å². The highest BCUT2D eigenvalue weighted by atomic mass is 35.5. The summed E-state index contributed by atoms with van der Waals surface area (Å²) < 4.78 is 6.51. The van der Waals surface area contributed by atoms with Crippen molar-refractivity contribution < 1.29 is 4.43 Å². The highest BCUT2D eigenvalue weighted by Gasteiger charge is 2.42. The number of hydrogen-bond acceptors (Lipinski definition) is 2. The second-order valence-corrected chi connectivity index (χ2v) is 14.4. The van der Waals surface area contributed by atoms with E-state index >= 15 is 0 Å². The van der Waals surface area contributed by atoms with E-state index in [2.05, 4.69) is 46.0 Å². The van der Waals surface area contributed by atoms with Gasteiger partial charge in [-0.1, -0.05) is 44.9 Å². The molecule has 0 aromatic heterocycles. The predicted molar refractivity (Wildman–Crippen MR) is 102 cm³/mol. The van der Waals surface area contributed by atoms with E-state index in [4.69, 9.17) is 16.0 Å². The molecule has 0 radical (unpaired) electrons. The van der Waals surface area contributed by atoms with Crippen molar-refractivity contribution in [2.45, 2.75) is 63.1 Å². The van der Waals surface area contributed by atoms with E-state index < -0.39 is 8.32 Å². The summed E-state index contributed by atoms with van der Waals surface area (Å²) in [6.07, 6.45) is 3.95. The van der Waals surface area contributed by atoms with Crippen LogP contribution in [0.3, 0.4) is 0 Å². The Labute approximate surface area is 146 Å². The Morgan fingerprint density at radius 3 is 2.45 bits per heavy atom. The smallest absolute Gasteiger partial charge is 0.192 e. The summed E-state index contributed by atoms with van der Waals surface area (Å²) in [7, 11) is -1.64. The summed E-state index contributed by atoms with van der Waals surface area (Å²) in [6, 6.07) is 8.18. The number of halogens is 1. The molecule has 124 valence electrons. The summed E-state index contributed by atoms with van der Waals surface area (Å²) in [6.45, 7) is 12.6. The molecule has 0 N–H and O–H groups in total. The van der Waals surface area contributed by atoms with Crippen molar-refractivity contribution in [3.63, 3.8) is 0 Å². The third-order valence-electron chi connectivity index (χ3n) is 5.30. The number of benzene rings is 1. The van der Waals surface area contributed by atoms with Crippen LogP contribution in [-0.2, 0) is 4.43 Å². The second-order valence-electron chi connectivity index (χ2n) is 8.15. The molecular formula is C18H29ClOSSi. The molecule has 0 atom stereocenters. The van der Waals surface area contributed by atoms with Gasteiger partial charge in [0.1, 0.15) is 0 Å². The van der Waals surface area contributed by atoms with E-state index in [1.165, 1.54) is 24.2 Å². The summed E-state index contributed by atoms with van der Waals surface area (Å²) >= 11 is 8.01. The maximum absolute atomic E-state index is 6.51. The standard InChI is InChI=1S/C18H29ClOSSi/c1-17(2,3)22(4,5)20-13-18(10-7-11-18)14-21-16-9-6-8-15(19)12-16/h6,8-9,12H,7,10-11,13-14H2,1-5H3. The van der Waals surface area contributed by atoms with Crippen LogP contribution in [0.2, 0.25) is 23.2 Å². The van der Waals surface area contributed by atoms with Gasteiger partial charge in [-0.05, 0) is 49.2 Å². The molecule has 0 heterocycles. The van der Waals surface area contributed by atoms with Crippen LogP contribution in [0.15, 0.2) is 29.2 Å². The van der Waals surface area contributed by atoms with E-state index in [1.807, 2.05) is 23.9 Å². The summed E-state index contributed by atoms with van der Waals surface area (Å²) in [5.41, 5.74) is 0.377. The van der Waals surface area contributed by atoms with Crippen LogP contribution in [0.4, 0.5) is 0 Å². The minimum Gasteiger partial charge on any atom is -0.416 e. The Balaban J connectivity index is 1.93. The van der Waals surface area contributed by atoms with Gasteiger partial charge in [0, 0.05) is 27.7 Å². The summed E-state index contributed by atoms with van der Waals surface area (Å²) in [5.74, 6) is 1.14. The molecule has 22 heavy (non-hydrogen) atoms. The van der Waals surface area contributed by atoms with Gasteiger partial charge in [0.25, 0.3) is 0 Å². The van der Waals surface area contributed by atoms with Gasteiger partial charge in [-0.25, -0.2) is 0 Å². The molecule has 0 saturated heterocycles. The molecule has 0 aliphatic heterocycles. The number of thioether (sulfide) groups is 1. The SMILES string of the molecule is CC(C)(C)[Si](C)(C)OCC1(CSc2cccc(Cl)c2)CCC1. The van der Waals surface area contributed by atoms with E-state index in [1.54, 1.807) is 0 Å². The Hall–Kier alpha value is 0.0369. The lowest BCUT2D eigenvalue weighted by Crippen LogP contribution is -2.46. The third kappa shape index (κ3) is 4.53. The lowest BCUT2D eigenvalue weighted by molar-refractivity contribution is 0.0744. The molecule has 1 aliphatic carbocycles. The molecule has 0 amide bonds. The largest absolute Gasteiger partial charge is 0.416 e. The van der Waals surface area contributed by atoms with Crippen LogP contribution in [-0.4, -0.2) is 20.7 Å². The average molecular weight is 357 g/mol. The van der Waals surface area contributed by atoms with Crippen LogP contribution < -0.4 is 0 Å². The number of rotatable bonds is 6. The van der Waals surface area contributed by atoms with Gasteiger partial charge < -0.3 is 4.43 Å². The molecule has 1 aromatic rings. The maximum Gasteiger partial charge on any atom is 0.192 e. The second kappa shape index (κ2) is 6.88. The fraction of sp³-hybridized carbons (Fsp3) is 0.667. The minimum atomic E-state index is -1.64. The minimum absolute atomic E-state index is 0.290. The summed E-state index contributed by atoms with van der Waals surface area (Å²) in [4.78, 5) is 1.27. The zero-order valence-corrected chi connectivity index (χ0v) is 17.1. The zero-order chi connectivity index (χ0) is 16.4. The van der Waals surface area contributed by atoms with Gasteiger partial charge >= 0.3 is 0 Å². The van der Waals surface area contributed by atoms with Gasteiger partial charge in [0.2, 0.25) is 0 Å². The predicted octanol–water partition coefficient (Wildman–Crippen LogP) is 6.62. The fourth-order valence-electron chi connectivity index (χ4n) is 2.35. The van der Waals surface area contributed by atoms with Gasteiger partial charge in [0.15, 0.2) is 8.32 Å². The molecule has 4 heteroatoms. The molecule has 1 aliphatic rings. The molecule has 0 unspecified atom stereocenters. The lowest BCUT2D eigenvalue weighted by Gasteiger charge is -2.45. The Morgan fingerprint density at radius 2 is 1.95 bits per heavy atom. The molecule has 2 rings (SSSR count). The van der Waals surface area contributed by atoms with E-state index in [-0.39, 0.29) is 5.04 Å². The highest BCUT2D eigenvalue weighted by Crippen LogP contribution is 2.47. The van der Waals surface area contributed by atoms with Crippen molar-refractivity contribution in [3.8, 4) is 0 Å². The Morgan fingerprint density at radius 1 is 1.27 bits per heavy atom. The van der Waals surface area contributed by atoms with E-state index in [9.17, 15) is 0 Å². The molecular weight excluding hydrogens is 328 g/mol. The molecule has 0 spiro atoms. The molecule has 1 saturated carbocycles. The van der Waals surface area contributed by atoms with Crippen molar-refractivity contribution >= 4 is 31.7 Å². The topological polar surface area (TPSA) is 9.23 Å². The average Bonchev–Trinajstić information content (AvgIpc) is 2.35. The number of hydrogen-bond donors (Lipinski definition) is 0. The van der Waals surface area contributed by atoms with Crippen molar-refractivity contribution in [1.82, 2.24) is 0 Å². The first-order valence-electron chi connectivity index (χ1n) is 8.16. The van der Waals surface area contributed by atoms with Crippen molar-refractivity contribution in [2.24, 2.45) is 5.41 Å². The first kappa shape index (κ1) is 18.4. The molecule has 0 bridgehead atoms.